The van der Waals surface area contributed by atoms with Gasteiger partial charge in [0, 0.05) is 24.2 Å². The van der Waals surface area contributed by atoms with E-state index in [2.05, 4.69) is 20.7 Å². The van der Waals surface area contributed by atoms with Crippen molar-refractivity contribution in [3.8, 4) is 17.1 Å². The number of hydrogen-bond acceptors (Lipinski definition) is 5. The van der Waals surface area contributed by atoms with Gasteiger partial charge in [0.2, 0.25) is 5.82 Å². The minimum absolute atomic E-state index is 0.165. The van der Waals surface area contributed by atoms with Crippen LogP contribution in [0.3, 0.4) is 0 Å². The van der Waals surface area contributed by atoms with Crippen LogP contribution in [0.15, 0.2) is 53.1 Å². The Kier molecular flexibility index (Phi) is 6.16. The molecule has 1 aliphatic rings. The third kappa shape index (κ3) is 4.76. The van der Waals surface area contributed by atoms with Crippen LogP contribution in [0, 0.1) is 5.92 Å². The van der Waals surface area contributed by atoms with Crippen LogP contribution in [0.5, 0.6) is 5.75 Å². The zero-order chi connectivity index (χ0) is 22.7. The van der Waals surface area contributed by atoms with Gasteiger partial charge in [0.1, 0.15) is 5.75 Å². The molecule has 0 atom stereocenters. The third-order valence-corrected chi connectivity index (χ3v) is 5.64. The lowest BCUT2D eigenvalue weighted by Gasteiger charge is -2.32. The summed E-state index contributed by atoms with van der Waals surface area (Å²) in [4.78, 5) is 18.1. The molecule has 2 heterocycles. The summed E-state index contributed by atoms with van der Waals surface area (Å²) in [5.41, 5.74) is 1.83. The average Bonchev–Trinajstić information content (AvgIpc) is 3.31. The highest BCUT2D eigenvalue weighted by atomic mass is 19.4. The van der Waals surface area contributed by atoms with Crippen LogP contribution in [-0.2, 0) is 12.6 Å². The maximum Gasteiger partial charge on any atom is 0.471 e. The van der Waals surface area contributed by atoms with Crippen molar-refractivity contribution in [3.05, 3.63) is 65.5 Å². The molecule has 1 aromatic heterocycles. The van der Waals surface area contributed by atoms with Crippen molar-refractivity contribution < 1.29 is 27.2 Å². The van der Waals surface area contributed by atoms with E-state index in [1.54, 1.807) is 30.2 Å². The fourth-order valence-corrected chi connectivity index (χ4v) is 3.95. The Hall–Kier alpha value is -3.36. The van der Waals surface area contributed by atoms with Gasteiger partial charge < -0.3 is 14.2 Å². The Morgan fingerprint density at radius 3 is 2.59 bits per heavy atom. The number of piperidine rings is 1. The summed E-state index contributed by atoms with van der Waals surface area (Å²) in [6.07, 6.45) is -2.10. The predicted octanol–water partition coefficient (Wildman–Crippen LogP) is 4.86. The molecule has 1 aliphatic heterocycles. The van der Waals surface area contributed by atoms with Crippen LogP contribution in [0.4, 0.5) is 13.2 Å². The lowest BCUT2D eigenvalue weighted by molar-refractivity contribution is -0.159. The number of carbonyl (C=O) groups is 1. The number of alkyl halides is 3. The largest absolute Gasteiger partial charge is 0.496 e. The highest BCUT2D eigenvalue weighted by Gasteiger charge is 2.38. The van der Waals surface area contributed by atoms with Crippen molar-refractivity contribution in [2.45, 2.75) is 25.4 Å². The van der Waals surface area contributed by atoms with Crippen molar-refractivity contribution in [1.29, 1.82) is 0 Å². The first-order valence-electron chi connectivity index (χ1n) is 10.3. The van der Waals surface area contributed by atoms with Crippen LogP contribution in [0.1, 0.15) is 34.7 Å². The van der Waals surface area contributed by atoms with Crippen LogP contribution in [-0.4, -0.2) is 41.1 Å². The SMILES string of the molecule is COc1ccccc1CC1CCN(C(=O)c2cccc(-c3noc(C(F)(F)F)n3)c2)CC1. The zero-order valence-electron chi connectivity index (χ0n) is 17.4. The Morgan fingerprint density at radius 1 is 1.16 bits per heavy atom. The summed E-state index contributed by atoms with van der Waals surface area (Å²) in [6, 6.07) is 14.2. The van der Waals surface area contributed by atoms with Gasteiger partial charge in [-0.3, -0.25) is 4.79 Å². The molecule has 32 heavy (non-hydrogen) atoms. The van der Waals surface area contributed by atoms with Crippen molar-refractivity contribution in [3.63, 3.8) is 0 Å². The van der Waals surface area contributed by atoms with E-state index in [1.165, 1.54) is 6.07 Å². The van der Waals surface area contributed by atoms with E-state index in [0.717, 1.165) is 30.6 Å². The van der Waals surface area contributed by atoms with E-state index in [0.29, 0.717) is 30.1 Å². The topological polar surface area (TPSA) is 68.5 Å². The van der Waals surface area contributed by atoms with Crippen molar-refractivity contribution in [1.82, 2.24) is 15.0 Å². The molecule has 0 aliphatic carbocycles. The van der Waals surface area contributed by atoms with Gasteiger partial charge in [0.25, 0.3) is 5.91 Å². The smallest absolute Gasteiger partial charge is 0.471 e. The van der Waals surface area contributed by atoms with E-state index in [-0.39, 0.29) is 11.7 Å². The van der Waals surface area contributed by atoms with Crippen LogP contribution >= 0.6 is 0 Å². The number of halogens is 3. The minimum Gasteiger partial charge on any atom is -0.496 e. The second-order valence-corrected chi connectivity index (χ2v) is 7.75. The van der Waals surface area contributed by atoms with Crippen molar-refractivity contribution in [2.75, 3.05) is 20.2 Å². The number of ether oxygens (including phenoxy) is 1. The molecule has 1 amide bonds. The van der Waals surface area contributed by atoms with Gasteiger partial charge in [-0.15, -0.1) is 0 Å². The fraction of sp³-hybridized carbons (Fsp3) is 0.348. The Balaban J connectivity index is 1.40. The van der Waals surface area contributed by atoms with Crippen LogP contribution in [0.2, 0.25) is 0 Å². The van der Waals surface area contributed by atoms with Gasteiger partial charge in [-0.25, -0.2) is 0 Å². The number of methoxy groups -OCH3 is 1. The Morgan fingerprint density at radius 2 is 1.91 bits per heavy atom. The Bertz CT molecular complexity index is 1090. The molecule has 1 fully saturated rings. The number of nitrogens with zero attached hydrogens (tertiary/aromatic N) is 3. The number of carbonyl (C=O) groups excluding carboxylic acids is 1. The molecule has 0 bridgehead atoms. The fourth-order valence-electron chi connectivity index (χ4n) is 3.95. The monoisotopic (exact) mass is 445 g/mol. The second kappa shape index (κ2) is 9.02. The first kappa shape index (κ1) is 21.9. The van der Waals surface area contributed by atoms with Gasteiger partial charge in [-0.2, -0.15) is 18.2 Å². The molecule has 6 nitrogen and oxygen atoms in total. The molecular weight excluding hydrogens is 423 g/mol. The predicted molar refractivity (Wildman–Crippen MR) is 110 cm³/mol. The maximum atomic E-state index is 13.0. The number of amides is 1. The summed E-state index contributed by atoms with van der Waals surface area (Å²) in [5, 5.41) is 3.39. The molecule has 0 radical (unpaired) electrons. The molecule has 0 saturated carbocycles. The van der Waals surface area contributed by atoms with Gasteiger partial charge in [-0.05, 0) is 48.9 Å². The minimum atomic E-state index is -4.72. The molecule has 168 valence electrons. The highest BCUT2D eigenvalue weighted by molar-refractivity contribution is 5.95. The van der Waals surface area contributed by atoms with Crippen LogP contribution in [0.25, 0.3) is 11.4 Å². The summed E-state index contributed by atoms with van der Waals surface area (Å²) in [7, 11) is 1.66. The van der Waals surface area contributed by atoms with Crippen LogP contribution < -0.4 is 4.74 Å². The number of aromatic nitrogens is 2. The summed E-state index contributed by atoms with van der Waals surface area (Å²) in [5.74, 6) is -0.467. The number of benzene rings is 2. The summed E-state index contributed by atoms with van der Waals surface area (Å²) < 4.78 is 47.9. The number of likely N-dealkylation sites (tertiary alicyclic amines) is 1. The third-order valence-electron chi connectivity index (χ3n) is 5.64. The van der Waals surface area contributed by atoms with Gasteiger partial charge in [0.05, 0.1) is 7.11 Å². The molecule has 3 aromatic rings. The van der Waals surface area contributed by atoms with Gasteiger partial charge >= 0.3 is 12.1 Å². The van der Waals surface area contributed by atoms with E-state index in [9.17, 15) is 18.0 Å². The molecule has 9 heteroatoms. The molecule has 2 aromatic carbocycles. The number of para-hydroxylation sites is 1. The van der Waals surface area contributed by atoms with Crippen molar-refractivity contribution >= 4 is 5.91 Å². The molecular formula is C23H22F3N3O3. The molecule has 4 rings (SSSR count). The van der Waals surface area contributed by atoms with E-state index >= 15 is 0 Å². The quantitative estimate of drug-likeness (QED) is 0.561. The number of rotatable bonds is 5. The standard InChI is InChI=1S/C23H22F3N3O3/c1-31-19-8-3-2-5-16(19)13-15-9-11-29(12-10-15)21(30)18-7-4-6-17(14-18)20-27-22(32-28-20)23(24,25)26/h2-8,14-15H,9-13H2,1H3. The molecule has 0 spiro atoms. The number of hydrogen-bond donors (Lipinski definition) is 0. The first-order chi connectivity index (χ1) is 15.3. The normalized spacial score (nSPS) is 15.1. The zero-order valence-corrected chi connectivity index (χ0v) is 17.4. The highest BCUT2D eigenvalue weighted by Crippen LogP contribution is 2.30. The first-order valence-corrected chi connectivity index (χ1v) is 10.3. The second-order valence-electron chi connectivity index (χ2n) is 7.75. The van der Waals surface area contributed by atoms with Gasteiger partial charge in [-0.1, -0.05) is 35.5 Å². The lowest BCUT2D eigenvalue weighted by atomic mass is 9.89. The summed E-state index contributed by atoms with van der Waals surface area (Å²) >= 11 is 0. The average molecular weight is 445 g/mol. The van der Waals surface area contributed by atoms with E-state index in [4.69, 9.17) is 4.74 Å². The molecule has 0 N–H and O–H groups in total. The van der Waals surface area contributed by atoms with Gasteiger partial charge in [0.15, 0.2) is 0 Å². The van der Waals surface area contributed by atoms with Crippen molar-refractivity contribution in [2.24, 2.45) is 5.92 Å². The molecule has 1 saturated heterocycles. The summed E-state index contributed by atoms with van der Waals surface area (Å²) in [6.45, 7) is 1.23. The van der Waals surface area contributed by atoms with E-state index in [1.807, 2.05) is 18.2 Å². The lowest BCUT2D eigenvalue weighted by Crippen LogP contribution is -2.38. The van der Waals surface area contributed by atoms with E-state index < -0.39 is 12.1 Å². The Labute approximate surface area is 183 Å². The molecule has 0 unspecified atom stereocenters. The maximum absolute atomic E-state index is 13.0.